The van der Waals surface area contributed by atoms with E-state index in [9.17, 15) is 14.4 Å². The molecule has 0 unspecified atom stereocenters. The molecule has 2 aromatic carbocycles. The van der Waals surface area contributed by atoms with Crippen LogP contribution in [0.15, 0.2) is 54.6 Å². The standard InChI is InChI=1S/C22H26N2O4/c1-4-17-10-12-19(13-11-17)24-22(27)15(2)28-21(26)14-20(23-16(3)25)18-8-6-5-7-9-18/h5-13,15,20H,4,14H2,1-3H3,(H,23,25)(H,24,27)/t15-,20+/m0/s1. The lowest BCUT2D eigenvalue weighted by Crippen LogP contribution is -2.33. The van der Waals surface area contributed by atoms with Crippen molar-refractivity contribution >= 4 is 23.5 Å². The highest BCUT2D eigenvalue weighted by atomic mass is 16.5. The van der Waals surface area contributed by atoms with Crippen LogP contribution in [0.25, 0.3) is 0 Å². The lowest BCUT2D eigenvalue weighted by molar-refractivity contribution is -0.153. The second-order valence-electron chi connectivity index (χ2n) is 6.54. The van der Waals surface area contributed by atoms with E-state index in [1.165, 1.54) is 19.4 Å². The number of esters is 1. The van der Waals surface area contributed by atoms with Gasteiger partial charge in [0, 0.05) is 12.6 Å². The van der Waals surface area contributed by atoms with E-state index in [-0.39, 0.29) is 12.3 Å². The molecular weight excluding hydrogens is 356 g/mol. The highest BCUT2D eigenvalue weighted by molar-refractivity contribution is 5.95. The molecule has 6 heteroatoms. The van der Waals surface area contributed by atoms with Crippen LogP contribution in [0, 0.1) is 0 Å². The maximum Gasteiger partial charge on any atom is 0.309 e. The van der Waals surface area contributed by atoms with Crippen LogP contribution in [-0.4, -0.2) is 23.9 Å². The molecule has 0 spiro atoms. The highest BCUT2D eigenvalue weighted by Crippen LogP contribution is 2.18. The topological polar surface area (TPSA) is 84.5 Å². The molecule has 0 radical (unpaired) electrons. The second kappa shape index (κ2) is 10.3. The molecule has 6 nitrogen and oxygen atoms in total. The first-order valence-corrected chi connectivity index (χ1v) is 9.30. The van der Waals surface area contributed by atoms with Gasteiger partial charge in [0.15, 0.2) is 6.10 Å². The minimum Gasteiger partial charge on any atom is -0.452 e. The van der Waals surface area contributed by atoms with Crippen LogP contribution in [0.5, 0.6) is 0 Å². The first-order valence-electron chi connectivity index (χ1n) is 9.30. The van der Waals surface area contributed by atoms with Gasteiger partial charge in [-0.25, -0.2) is 0 Å². The molecule has 28 heavy (non-hydrogen) atoms. The fourth-order valence-electron chi connectivity index (χ4n) is 2.72. The number of ether oxygens (including phenoxy) is 1. The SMILES string of the molecule is CCc1ccc(NC(=O)[C@H](C)OC(=O)C[C@@H](NC(C)=O)c2ccccc2)cc1. The number of hydrogen-bond donors (Lipinski definition) is 2. The second-order valence-corrected chi connectivity index (χ2v) is 6.54. The van der Waals surface area contributed by atoms with E-state index in [0.29, 0.717) is 5.69 Å². The third kappa shape index (κ3) is 6.54. The summed E-state index contributed by atoms with van der Waals surface area (Å²) >= 11 is 0. The largest absolute Gasteiger partial charge is 0.452 e. The monoisotopic (exact) mass is 382 g/mol. The fraction of sp³-hybridized carbons (Fsp3) is 0.318. The van der Waals surface area contributed by atoms with Gasteiger partial charge in [-0.2, -0.15) is 0 Å². The molecule has 2 atom stereocenters. The van der Waals surface area contributed by atoms with E-state index in [4.69, 9.17) is 4.74 Å². The molecule has 2 N–H and O–H groups in total. The molecule has 0 aromatic heterocycles. The van der Waals surface area contributed by atoms with Crippen LogP contribution in [0.4, 0.5) is 5.69 Å². The van der Waals surface area contributed by atoms with Crippen LogP contribution in [0.1, 0.15) is 44.4 Å². The number of hydrogen-bond acceptors (Lipinski definition) is 4. The molecule has 0 fully saturated rings. The Labute approximate surface area is 165 Å². The Bertz CT molecular complexity index is 803. The fourth-order valence-corrected chi connectivity index (χ4v) is 2.72. The third-order valence-electron chi connectivity index (χ3n) is 4.26. The Balaban J connectivity index is 1.93. The summed E-state index contributed by atoms with van der Waals surface area (Å²) in [4.78, 5) is 36.0. The number of aryl methyl sites for hydroxylation is 1. The number of anilines is 1. The first kappa shape index (κ1) is 21.2. The van der Waals surface area contributed by atoms with Gasteiger partial charge in [-0.05, 0) is 36.6 Å². The summed E-state index contributed by atoms with van der Waals surface area (Å²) in [6.45, 7) is 4.96. The van der Waals surface area contributed by atoms with Gasteiger partial charge in [0.2, 0.25) is 5.91 Å². The van der Waals surface area contributed by atoms with Crippen molar-refractivity contribution in [2.45, 2.75) is 45.8 Å². The zero-order chi connectivity index (χ0) is 20.5. The van der Waals surface area contributed by atoms with E-state index in [1.807, 2.05) is 54.6 Å². The van der Waals surface area contributed by atoms with E-state index in [0.717, 1.165) is 12.0 Å². The first-order chi connectivity index (χ1) is 13.4. The van der Waals surface area contributed by atoms with E-state index < -0.39 is 24.0 Å². The van der Waals surface area contributed by atoms with Gasteiger partial charge in [0.1, 0.15) is 0 Å². The summed E-state index contributed by atoms with van der Waals surface area (Å²) in [7, 11) is 0. The molecule has 0 aliphatic carbocycles. The Hall–Kier alpha value is -3.15. The number of amides is 2. The number of carbonyl (C=O) groups excluding carboxylic acids is 3. The quantitative estimate of drug-likeness (QED) is 0.686. The van der Waals surface area contributed by atoms with Crippen LogP contribution in [-0.2, 0) is 25.5 Å². The average molecular weight is 382 g/mol. The molecular formula is C22H26N2O4. The average Bonchev–Trinajstić information content (AvgIpc) is 2.68. The Morgan fingerprint density at radius 1 is 1.00 bits per heavy atom. The number of nitrogens with one attached hydrogen (secondary N) is 2. The minimum atomic E-state index is -0.952. The Morgan fingerprint density at radius 2 is 1.64 bits per heavy atom. The molecule has 2 aromatic rings. The van der Waals surface area contributed by atoms with Crippen LogP contribution in [0.2, 0.25) is 0 Å². The van der Waals surface area contributed by atoms with Crippen molar-refractivity contribution in [3.63, 3.8) is 0 Å². The smallest absolute Gasteiger partial charge is 0.309 e. The van der Waals surface area contributed by atoms with Gasteiger partial charge in [-0.1, -0.05) is 49.4 Å². The van der Waals surface area contributed by atoms with Crippen molar-refractivity contribution in [2.75, 3.05) is 5.32 Å². The van der Waals surface area contributed by atoms with Crippen molar-refractivity contribution in [1.29, 1.82) is 0 Å². The summed E-state index contributed by atoms with van der Waals surface area (Å²) in [6, 6.07) is 16.1. The summed E-state index contributed by atoms with van der Waals surface area (Å²) in [5.74, 6) is -1.22. The van der Waals surface area contributed by atoms with Crippen LogP contribution in [0.3, 0.4) is 0 Å². The van der Waals surface area contributed by atoms with E-state index in [1.54, 1.807) is 0 Å². The number of carbonyl (C=O) groups is 3. The summed E-state index contributed by atoms with van der Waals surface area (Å²) < 4.78 is 5.26. The molecule has 0 aliphatic heterocycles. The predicted octanol–water partition coefficient (Wildman–Crippen LogP) is 3.39. The van der Waals surface area contributed by atoms with Crippen molar-refractivity contribution in [3.8, 4) is 0 Å². The van der Waals surface area contributed by atoms with Crippen LogP contribution < -0.4 is 10.6 Å². The zero-order valence-corrected chi connectivity index (χ0v) is 16.4. The molecule has 0 heterocycles. The predicted molar refractivity (Wildman–Crippen MR) is 108 cm³/mol. The van der Waals surface area contributed by atoms with Crippen LogP contribution >= 0.6 is 0 Å². The van der Waals surface area contributed by atoms with Crippen molar-refractivity contribution in [1.82, 2.24) is 5.32 Å². The number of benzene rings is 2. The van der Waals surface area contributed by atoms with Gasteiger partial charge in [0.05, 0.1) is 12.5 Å². The van der Waals surface area contributed by atoms with Crippen molar-refractivity contribution < 1.29 is 19.1 Å². The van der Waals surface area contributed by atoms with Gasteiger partial charge >= 0.3 is 5.97 Å². The lowest BCUT2D eigenvalue weighted by atomic mass is 10.0. The van der Waals surface area contributed by atoms with Gasteiger partial charge in [-0.3, -0.25) is 14.4 Å². The molecule has 0 saturated carbocycles. The summed E-state index contributed by atoms with van der Waals surface area (Å²) in [5, 5.41) is 5.47. The van der Waals surface area contributed by atoms with Crippen molar-refractivity contribution in [2.24, 2.45) is 0 Å². The Kier molecular flexibility index (Phi) is 7.75. The minimum absolute atomic E-state index is 0.0631. The van der Waals surface area contributed by atoms with Gasteiger partial charge < -0.3 is 15.4 Å². The van der Waals surface area contributed by atoms with Crippen molar-refractivity contribution in [3.05, 3.63) is 65.7 Å². The van der Waals surface area contributed by atoms with Gasteiger partial charge in [-0.15, -0.1) is 0 Å². The molecule has 148 valence electrons. The van der Waals surface area contributed by atoms with Gasteiger partial charge in [0.25, 0.3) is 5.91 Å². The molecule has 0 aliphatic rings. The highest BCUT2D eigenvalue weighted by Gasteiger charge is 2.22. The molecule has 2 amide bonds. The summed E-state index contributed by atoms with van der Waals surface area (Å²) in [6.07, 6.45) is -0.0990. The molecule has 2 rings (SSSR count). The maximum absolute atomic E-state index is 12.3. The zero-order valence-electron chi connectivity index (χ0n) is 16.4. The third-order valence-corrected chi connectivity index (χ3v) is 4.26. The maximum atomic E-state index is 12.3. The molecule has 0 saturated heterocycles. The van der Waals surface area contributed by atoms with E-state index >= 15 is 0 Å². The Morgan fingerprint density at radius 3 is 2.21 bits per heavy atom. The van der Waals surface area contributed by atoms with E-state index in [2.05, 4.69) is 17.6 Å². The summed E-state index contributed by atoms with van der Waals surface area (Å²) in [5.41, 5.74) is 2.61. The number of rotatable bonds is 8. The normalized spacial score (nSPS) is 12.5. The molecule has 0 bridgehead atoms. The lowest BCUT2D eigenvalue weighted by Gasteiger charge is -2.19.